The lowest BCUT2D eigenvalue weighted by Gasteiger charge is -2.47. The third kappa shape index (κ3) is 4.11. The first-order chi connectivity index (χ1) is 14.6. The van der Waals surface area contributed by atoms with Gasteiger partial charge in [0, 0.05) is 23.5 Å². The van der Waals surface area contributed by atoms with Crippen molar-refractivity contribution in [2.24, 2.45) is 0 Å². The molecule has 3 aromatic rings. The fourth-order valence-corrected chi connectivity index (χ4v) is 5.45. The van der Waals surface area contributed by atoms with Crippen molar-refractivity contribution in [1.82, 2.24) is 20.4 Å². The number of aromatic amines is 1. The number of piperidine rings is 2. The van der Waals surface area contributed by atoms with E-state index in [9.17, 15) is 4.79 Å². The Bertz CT molecular complexity index is 1000. The summed E-state index contributed by atoms with van der Waals surface area (Å²) in [6.45, 7) is -0.250. The highest BCUT2D eigenvalue weighted by Gasteiger charge is 2.36. The predicted octanol–water partition coefficient (Wildman–Crippen LogP) is 3.74. The lowest BCUT2D eigenvalue weighted by molar-refractivity contribution is -0.122. The van der Waals surface area contributed by atoms with E-state index in [0.717, 1.165) is 29.3 Å². The van der Waals surface area contributed by atoms with Crippen LogP contribution in [-0.4, -0.2) is 57.8 Å². The number of nitrogens with one attached hydrogen (secondary N) is 2. The minimum Gasteiger partial charge on any atom is -0.483 e. The van der Waals surface area contributed by atoms with Gasteiger partial charge >= 0.3 is 0 Å². The molecule has 1 amide bonds. The van der Waals surface area contributed by atoms with Crippen LogP contribution in [0.5, 0.6) is 0 Å². The number of H-pyrrole nitrogens is 1. The number of carbonyl (C=O) groups is 2. The van der Waals surface area contributed by atoms with E-state index in [1.54, 1.807) is 11.3 Å². The molecule has 2 bridgehead atoms. The Morgan fingerprint density at radius 1 is 1.27 bits per heavy atom. The van der Waals surface area contributed by atoms with Gasteiger partial charge in [-0.2, -0.15) is 16.4 Å². The molecule has 0 spiro atoms. The number of hydrogen-bond acceptors (Lipinski definition) is 5. The first kappa shape index (κ1) is 20.6. The monoisotopic (exact) mass is 426 g/mol. The van der Waals surface area contributed by atoms with E-state index in [4.69, 9.17) is 9.90 Å². The Kier molecular flexibility index (Phi) is 6.15. The molecule has 0 radical (unpaired) electrons. The SMILES string of the molecule is CN1C2CCCC1CC(NC(=O)c1n[nH]c3ccc(-c4ccsc4)cc13)C2.O=CO. The second-order valence-electron chi connectivity index (χ2n) is 8.00. The summed E-state index contributed by atoms with van der Waals surface area (Å²) in [6.07, 6.45) is 5.89. The van der Waals surface area contributed by atoms with Crippen molar-refractivity contribution in [3.05, 3.63) is 40.7 Å². The van der Waals surface area contributed by atoms with E-state index >= 15 is 0 Å². The summed E-state index contributed by atoms with van der Waals surface area (Å²) in [5.41, 5.74) is 3.70. The fourth-order valence-electron chi connectivity index (χ4n) is 4.78. The number of amides is 1. The van der Waals surface area contributed by atoms with E-state index in [0.29, 0.717) is 17.8 Å². The Morgan fingerprint density at radius 2 is 2.00 bits per heavy atom. The molecule has 2 aliphatic heterocycles. The Balaban J connectivity index is 0.000000687. The van der Waals surface area contributed by atoms with Gasteiger partial charge in [0.05, 0.1) is 5.52 Å². The number of nitrogens with zero attached hydrogens (tertiary/aromatic N) is 2. The largest absolute Gasteiger partial charge is 0.483 e. The van der Waals surface area contributed by atoms with Crippen molar-refractivity contribution < 1.29 is 14.7 Å². The molecule has 0 saturated carbocycles. The van der Waals surface area contributed by atoms with Gasteiger partial charge in [-0.25, -0.2) is 0 Å². The number of benzene rings is 1. The smallest absolute Gasteiger partial charge is 0.290 e. The normalized spacial score (nSPS) is 23.4. The molecule has 2 aromatic heterocycles. The first-order valence-electron chi connectivity index (χ1n) is 10.2. The molecule has 4 heterocycles. The van der Waals surface area contributed by atoms with Gasteiger partial charge in [-0.3, -0.25) is 14.7 Å². The molecule has 158 valence electrons. The molecule has 30 heavy (non-hydrogen) atoms. The number of rotatable bonds is 3. The van der Waals surface area contributed by atoms with Crippen LogP contribution in [-0.2, 0) is 4.79 Å². The summed E-state index contributed by atoms with van der Waals surface area (Å²) in [7, 11) is 2.24. The van der Waals surface area contributed by atoms with Gasteiger partial charge < -0.3 is 15.3 Å². The molecule has 0 aliphatic carbocycles. The van der Waals surface area contributed by atoms with Gasteiger partial charge in [0.2, 0.25) is 0 Å². The molecule has 8 heteroatoms. The van der Waals surface area contributed by atoms with Crippen LogP contribution < -0.4 is 5.32 Å². The van der Waals surface area contributed by atoms with Crippen LogP contribution >= 0.6 is 11.3 Å². The molecule has 2 unspecified atom stereocenters. The maximum Gasteiger partial charge on any atom is 0.290 e. The van der Waals surface area contributed by atoms with E-state index in [1.165, 1.54) is 24.8 Å². The molecule has 1 aromatic carbocycles. The highest BCUT2D eigenvalue weighted by atomic mass is 32.1. The third-order valence-corrected chi connectivity index (χ3v) is 6.99. The van der Waals surface area contributed by atoms with E-state index < -0.39 is 0 Å². The van der Waals surface area contributed by atoms with Crippen molar-refractivity contribution >= 4 is 34.6 Å². The quantitative estimate of drug-likeness (QED) is 0.554. The summed E-state index contributed by atoms with van der Waals surface area (Å²) in [5, 5.41) is 22.6. The van der Waals surface area contributed by atoms with Gasteiger partial charge in [0.25, 0.3) is 12.4 Å². The second-order valence-corrected chi connectivity index (χ2v) is 8.78. The summed E-state index contributed by atoms with van der Waals surface area (Å²) in [5.74, 6) is -0.0589. The Hall–Kier alpha value is -2.71. The lowest BCUT2D eigenvalue weighted by atomic mass is 9.82. The molecule has 2 saturated heterocycles. The maximum absolute atomic E-state index is 13.0. The Morgan fingerprint density at radius 3 is 2.67 bits per heavy atom. The van der Waals surface area contributed by atoms with Crippen molar-refractivity contribution in [2.75, 3.05) is 7.05 Å². The molecule has 2 atom stereocenters. The van der Waals surface area contributed by atoms with Crippen molar-refractivity contribution in [1.29, 1.82) is 0 Å². The highest BCUT2D eigenvalue weighted by Crippen LogP contribution is 2.33. The summed E-state index contributed by atoms with van der Waals surface area (Å²) < 4.78 is 0. The molecular weight excluding hydrogens is 400 g/mol. The molecule has 2 aliphatic rings. The second kappa shape index (κ2) is 8.97. The molecule has 5 rings (SSSR count). The topological polar surface area (TPSA) is 98.3 Å². The summed E-state index contributed by atoms with van der Waals surface area (Å²) in [6, 6.07) is 9.69. The average Bonchev–Trinajstić information content (AvgIpc) is 3.39. The van der Waals surface area contributed by atoms with Crippen LogP contribution in [0.2, 0.25) is 0 Å². The van der Waals surface area contributed by atoms with Crippen LogP contribution in [0, 0.1) is 0 Å². The molecule has 2 fully saturated rings. The number of fused-ring (bicyclic) bond motifs is 3. The number of aromatic nitrogens is 2. The summed E-state index contributed by atoms with van der Waals surface area (Å²) >= 11 is 1.68. The number of hydrogen-bond donors (Lipinski definition) is 3. The lowest BCUT2D eigenvalue weighted by Crippen LogP contribution is -2.55. The predicted molar refractivity (Wildman–Crippen MR) is 118 cm³/mol. The maximum atomic E-state index is 13.0. The number of carboxylic acid groups (broad SMARTS) is 1. The van der Waals surface area contributed by atoms with Gasteiger partial charge in [0.1, 0.15) is 0 Å². The van der Waals surface area contributed by atoms with Crippen LogP contribution in [0.25, 0.3) is 22.0 Å². The van der Waals surface area contributed by atoms with Crippen LogP contribution in [0.1, 0.15) is 42.6 Å². The van der Waals surface area contributed by atoms with E-state index in [2.05, 4.69) is 56.4 Å². The van der Waals surface area contributed by atoms with Crippen LogP contribution in [0.15, 0.2) is 35.0 Å². The first-order valence-corrected chi connectivity index (χ1v) is 11.2. The minimum absolute atomic E-state index is 0.0589. The summed E-state index contributed by atoms with van der Waals surface area (Å²) in [4.78, 5) is 23.9. The molecular formula is C22H26N4O3S. The van der Waals surface area contributed by atoms with E-state index in [1.807, 2.05) is 6.07 Å². The van der Waals surface area contributed by atoms with Crippen LogP contribution in [0.3, 0.4) is 0 Å². The zero-order valence-electron chi connectivity index (χ0n) is 16.9. The molecule has 7 nitrogen and oxygen atoms in total. The average molecular weight is 427 g/mol. The molecule has 3 N–H and O–H groups in total. The fraction of sp³-hybridized carbons (Fsp3) is 0.409. The van der Waals surface area contributed by atoms with Gasteiger partial charge in [-0.1, -0.05) is 12.5 Å². The third-order valence-electron chi connectivity index (χ3n) is 6.31. The Labute approximate surface area is 179 Å². The number of carbonyl (C=O) groups excluding carboxylic acids is 1. The standard InChI is InChI=1S/C21H24N4OS.CH2O2/c1-25-16-3-2-4-17(25)11-15(10-16)22-21(26)20-18-9-13(14-7-8-27-12-14)5-6-19(18)23-24-20;2-1-3/h5-9,12,15-17H,2-4,10-11H2,1H3,(H,22,26)(H,23,24);1H,(H,2,3). The van der Waals surface area contributed by atoms with Crippen molar-refractivity contribution in [3.8, 4) is 11.1 Å². The van der Waals surface area contributed by atoms with Gasteiger partial charge in [-0.05, 0) is 72.8 Å². The van der Waals surface area contributed by atoms with Gasteiger partial charge in [-0.15, -0.1) is 0 Å². The van der Waals surface area contributed by atoms with Crippen molar-refractivity contribution in [3.63, 3.8) is 0 Å². The van der Waals surface area contributed by atoms with E-state index in [-0.39, 0.29) is 18.4 Å². The van der Waals surface area contributed by atoms with Crippen LogP contribution in [0.4, 0.5) is 0 Å². The zero-order valence-corrected chi connectivity index (χ0v) is 17.7. The number of thiophene rings is 1. The van der Waals surface area contributed by atoms with Gasteiger partial charge in [0.15, 0.2) is 5.69 Å². The minimum atomic E-state index is -0.250. The van der Waals surface area contributed by atoms with Crippen molar-refractivity contribution in [2.45, 2.75) is 50.2 Å². The zero-order chi connectivity index (χ0) is 21.1. The highest BCUT2D eigenvalue weighted by molar-refractivity contribution is 7.08.